The summed E-state index contributed by atoms with van der Waals surface area (Å²) in [5.41, 5.74) is 7.05. The molecular weight excluding hydrogens is 250 g/mol. The van der Waals surface area contributed by atoms with Crippen LogP contribution in [0.1, 0.15) is 30.0 Å². The Morgan fingerprint density at radius 2 is 2.21 bits per heavy atom. The van der Waals surface area contributed by atoms with Gasteiger partial charge >= 0.3 is 0 Å². The van der Waals surface area contributed by atoms with Crippen molar-refractivity contribution in [1.82, 2.24) is 4.90 Å². The van der Waals surface area contributed by atoms with Gasteiger partial charge in [-0.25, -0.2) is 8.78 Å². The molecular formula is C14H18F2N2O. The topological polar surface area (TPSA) is 38.5 Å². The van der Waals surface area contributed by atoms with Gasteiger partial charge in [-0.2, -0.15) is 0 Å². The lowest BCUT2D eigenvalue weighted by molar-refractivity contribution is 0.0606. The first kappa shape index (κ1) is 13.0. The summed E-state index contributed by atoms with van der Waals surface area (Å²) in [6.07, 6.45) is 2.29. The summed E-state index contributed by atoms with van der Waals surface area (Å²) in [6.45, 7) is 2.41. The van der Waals surface area contributed by atoms with Crippen molar-refractivity contribution in [3.8, 4) is 0 Å². The van der Waals surface area contributed by atoms with E-state index in [1.54, 1.807) is 0 Å². The van der Waals surface area contributed by atoms with Crippen molar-refractivity contribution in [3.63, 3.8) is 0 Å². The highest BCUT2D eigenvalue weighted by Gasteiger charge is 2.34. The Hall–Kier alpha value is -1.04. The molecule has 3 rings (SSSR count). The molecule has 0 spiro atoms. The van der Waals surface area contributed by atoms with Gasteiger partial charge in [-0.05, 0) is 24.5 Å². The van der Waals surface area contributed by atoms with Crippen molar-refractivity contribution < 1.29 is 13.5 Å². The molecule has 0 radical (unpaired) electrons. The van der Waals surface area contributed by atoms with Gasteiger partial charge in [-0.1, -0.05) is 0 Å². The molecule has 2 aliphatic rings. The summed E-state index contributed by atoms with van der Waals surface area (Å²) in [5.74, 6) is -1.01. The highest BCUT2D eigenvalue weighted by atomic mass is 19.1. The molecule has 104 valence electrons. The van der Waals surface area contributed by atoms with E-state index in [0.29, 0.717) is 24.2 Å². The number of hydrogen-bond acceptors (Lipinski definition) is 3. The molecule has 2 aliphatic heterocycles. The first-order chi connectivity index (χ1) is 9.19. The summed E-state index contributed by atoms with van der Waals surface area (Å²) in [6, 6.07) is 2.19. The minimum absolute atomic E-state index is 0.167. The fraction of sp³-hybridized carbons (Fsp3) is 0.571. The van der Waals surface area contributed by atoms with Crippen molar-refractivity contribution in [2.75, 3.05) is 19.7 Å². The second-order valence-corrected chi connectivity index (χ2v) is 5.28. The van der Waals surface area contributed by atoms with E-state index in [9.17, 15) is 8.78 Å². The molecule has 1 fully saturated rings. The molecule has 2 heterocycles. The molecule has 0 amide bonds. The molecule has 19 heavy (non-hydrogen) atoms. The number of benzene rings is 1. The molecule has 0 bridgehead atoms. The number of halogens is 2. The Morgan fingerprint density at radius 1 is 1.37 bits per heavy atom. The van der Waals surface area contributed by atoms with Crippen LogP contribution in [0.2, 0.25) is 0 Å². The number of hydrogen-bond donors (Lipinski definition) is 1. The Labute approximate surface area is 111 Å². The van der Waals surface area contributed by atoms with Crippen LogP contribution in [0.25, 0.3) is 0 Å². The normalized spacial score (nSPS) is 26.9. The van der Waals surface area contributed by atoms with Crippen molar-refractivity contribution in [2.24, 2.45) is 5.73 Å². The van der Waals surface area contributed by atoms with E-state index in [-0.39, 0.29) is 12.1 Å². The van der Waals surface area contributed by atoms with Gasteiger partial charge in [0.1, 0.15) is 11.6 Å². The van der Waals surface area contributed by atoms with E-state index in [2.05, 4.69) is 4.90 Å². The molecule has 5 heteroatoms. The second-order valence-electron chi connectivity index (χ2n) is 5.28. The summed E-state index contributed by atoms with van der Waals surface area (Å²) >= 11 is 0. The first-order valence-corrected chi connectivity index (χ1v) is 6.72. The molecule has 0 aromatic heterocycles. The van der Waals surface area contributed by atoms with E-state index in [1.165, 1.54) is 6.07 Å². The molecule has 0 aliphatic carbocycles. The Bertz CT molecular complexity index is 475. The van der Waals surface area contributed by atoms with Gasteiger partial charge in [0, 0.05) is 37.9 Å². The van der Waals surface area contributed by atoms with Crippen LogP contribution in [0, 0.1) is 11.6 Å². The zero-order chi connectivity index (χ0) is 13.4. The minimum atomic E-state index is -0.522. The number of nitrogens with zero attached hydrogens (tertiary/aromatic N) is 1. The molecule has 2 atom stereocenters. The second kappa shape index (κ2) is 5.15. The summed E-state index contributed by atoms with van der Waals surface area (Å²) in [7, 11) is 0. The number of rotatable bonds is 3. The third-order valence-corrected chi connectivity index (χ3v) is 4.01. The molecule has 1 saturated heterocycles. The van der Waals surface area contributed by atoms with Gasteiger partial charge in [0.25, 0.3) is 0 Å². The third-order valence-electron chi connectivity index (χ3n) is 4.01. The lowest BCUT2D eigenvalue weighted by Crippen LogP contribution is -2.34. The smallest absolute Gasteiger partial charge is 0.131 e. The molecule has 2 unspecified atom stereocenters. The van der Waals surface area contributed by atoms with Crippen LogP contribution in [0.4, 0.5) is 8.78 Å². The summed E-state index contributed by atoms with van der Waals surface area (Å²) in [4.78, 5) is 2.10. The lowest BCUT2D eigenvalue weighted by Gasteiger charge is -2.26. The van der Waals surface area contributed by atoms with Crippen LogP contribution in [-0.2, 0) is 11.3 Å². The Morgan fingerprint density at radius 3 is 2.89 bits per heavy atom. The van der Waals surface area contributed by atoms with Crippen molar-refractivity contribution in [2.45, 2.75) is 31.5 Å². The molecule has 0 saturated carbocycles. The lowest BCUT2D eigenvalue weighted by atomic mass is 10.0. The highest BCUT2D eigenvalue weighted by molar-refractivity contribution is 5.36. The summed E-state index contributed by atoms with van der Waals surface area (Å²) in [5, 5.41) is 0. The predicted octanol–water partition coefficient (Wildman–Crippen LogP) is 1.96. The maximum atomic E-state index is 13.9. The molecule has 3 nitrogen and oxygen atoms in total. The molecule has 2 N–H and O–H groups in total. The van der Waals surface area contributed by atoms with Crippen molar-refractivity contribution in [3.05, 3.63) is 34.9 Å². The van der Waals surface area contributed by atoms with Crippen LogP contribution in [-0.4, -0.2) is 30.7 Å². The van der Waals surface area contributed by atoms with Crippen LogP contribution < -0.4 is 5.73 Å². The van der Waals surface area contributed by atoms with Gasteiger partial charge in [0.05, 0.1) is 12.1 Å². The number of ether oxygens (including phenoxy) is 1. The SMILES string of the molecule is NCC1c2c(F)cc(F)cc2CN1CC1CCCO1. The van der Waals surface area contributed by atoms with Gasteiger partial charge in [0.15, 0.2) is 0 Å². The number of fused-ring (bicyclic) bond motifs is 1. The van der Waals surface area contributed by atoms with E-state index < -0.39 is 11.6 Å². The zero-order valence-electron chi connectivity index (χ0n) is 10.7. The third kappa shape index (κ3) is 2.38. The van der Waals surface area contributed by atoms with E-state index >= 15 is 0 Å². The van der Waals surface area contributed by atoms with E-state index in [4.69, 9.17) is 10.5 Å². The van der Waals surface area contributed by atoms with Gasteiger partial charge in [0.2, 0.25) is 0 Å². The maximum Gasteiger partial charge on any atom is 0.131 e. The van der Waals surface area contributed by atoms with Crippen LogP contribution in [0.5, 0.6) is 0 Å². The Balaban J connectivity index is 1.83. The first-order valence-electron chi connectivity index (χ1n) is 6.72. The van der Waals surface area contributed by atoms with Gasteiger partial charge < -0.3 is 10.5 Å². The quantitative estimate of drug-likeness (QED) is 0.910. The number of nitrogens with two attached hydrogens (primary N) is 1. The minimum Gasteiger partial charge on any atom is -0.377 e. The molecule has 1 aromatic carbocycles. The highest BCUT2D eigenvalue weighted by Crippen LogP contribution is 2.36. The van der Waals surface area contributed by atoms with E-state index in [0.717, 1.165) is 32.1 Å². The summed E-state index contributed by atoms with van der Waals surface area (Å²) < 4.78 is 32.8. The Kier molecular flexibility index (Phi) is 3.52. The zero-order valence-corrected chi connectivity index (χ0v) is 10.7. The van der Waals surface area contributed by atoms with Crippen LogP contribution in [0.15, 0.2) is 12.1 Å². The van der Waals surface area contributed by atoms with Gasteiger partial charge in [-0.15, -0.1) is 0 Å². The van der Waals surface area contributed by atoms with E-state index in [1.807, 2.05) is 0 Å². The van der Waals surface area contributed by atoms with Crippen molar-refractivity contribution >= 4 is 0 Å². The average molecular weight is 268 g/mol. The average Bonchev–Trinajstić information content (AvgIpc) is 2.96. The predicted molar refractivity (Wildman–Crippen MR) is 67.5 cm³/mol. The standard InChI is InChI=1S/C14H18F2N2O/c15-10-4-9-7-18(8-11-2-1-3-19-11)13(6-17)14(9)12(16)5-10/h4-5,11,13H,1-3,6-8,17H2. The van der Waals surface area contributed by atoms with Crippen molar-refractivity contribution in [1.29, 1.82) is 0 Å². The molecule has 1 aromatic rings. The van der Waals surface area contributed by atoms with Crippen LogP contribution >= 0.6 is 0 Å². The largest absolute Gasteiger partial charge is 0.377 e. The maximum absolute atomic E-state index is 13.9. The fourth-order valence-corrected chi connectivity index (χ4v) is 3.16. The fourth-order valence-electron chi connectivity index (χ4n) is 3.16. The monoisotopic (exact) mass is 268 g/mol. The van der Waals surface area contributed by atoms with Crippen LogP contribution in [0.3, 0.4) is 0 Å². The van der Waals surface area contributed by atoms with Gasteiger partial charge in [-0.3, -0.25) is 4.90 Å².